The molecule has 3 aromatic rings. The van der Waals surface area contributed by atoms with Crippen molar-refractivity contribution in [1.82, 2.24) is 9.88 Å². The normalized spacial score (nSPS) is 14.5. The summed E-state index contributed by atoms with van der Waals surface area (Å²) in [5, 5.41) is 9.46. The van der Waals surface area contributed by atoms with Gasteiger partial charge in [-0.05, 0) is 60.7 Å². The minimum Gasteiger partial charge on any atom is -0.457 e. The molecule has 2 heterocycles. The molecule has 0 aliphatic carbocycles. The van der Waals surface area contributed by atoms with Crippen LogP contribution in [0.5, 0.6) is 11.5 Å². The number of halogens is 1. The maximum Gasteiger partial charge on any atom is 0.143 e. The molecule has 2 aromatic carbocycles. The second-order valence-corrected chi connectivity index (χ2v) is 7.30. The number of nitriles is 1. The Bertz CT molecular complexity index is 1070. The molecule has 1 fully saturated rings. The summed E-state index contributed by atoms with van der Waals surface area (Å²) < 4.78 is 18.8. The van der Waals surface area contributed by atoms with Gasteiger partial charge in [-0.2, -0.15) is 5.26 Å². The Morgan fingerprint density at radius 1 is 0.935 bits per heavy atom. The molecule has 0 unspecified atom stereocenters. The van der Waals surface area contributed by atoms with E-state index in [2.05, 4.69) is 16.0 Å². The van der Waals surface area contributed by atoms with Crippen LogP contribution in [0, 0.1) is 17.1 Å². The molecule has 31 heavy (non-hydrogen) atoms. The zero-order chi connectivity index (χ0) is 21.8. The van der Waals surface area contributed by atoms with Crippen LogP contribution in [0.4, 0.5) is 10.1 Å². The topological polar surface area (TPSA) is 104 Å². The summed E-state index contributed by atoms with van der Waals surface area (Å²) >= 11 is 0. The predicted molar refractivity (Wildman–Crippen MR) is 117 cm³/mol. The van der Waals surface area contributed by atoms with E-state index in [9.17, 15) is 9.65 Å². The third-order valence-electron chi connectivity index (χ3n) is 5.23. The maximum atomic E-state index is 13.0. The Morgan fingerprint density at radius 2 is 1.55 bits per heavy atom. The molecule has 0 saturated carbocycles. The van der Waals surface area contributed by atoms with Crippen LogP contribution in [0.1, 0.15) is 5.69 Å². The van der Waals surface area contributed by atoms with Gasteiger partial charge in [-0.3, -0.25) is 4.90 Å². The van der Waals surface area contributed by atoms with Crippen LogP contribution in [-0.4, -0.2) is 42.4 Å². The molecule has 0 atom stereocenters. The highest BCUT2D eigenvalue weighted by Gasteiger charge is 2.20. The molecule has 1 aromatic heterocycles. The van der Waals surface area contributed by atoms with Crippen molar-refractivity contribution < 1.29 is 9.13 Å². The van der Waals surface area contributed by atoms with E-state index in [1.807, 2.05) is 35.2 Å². The van der Waals surface area contributed by atoms with E-state index >= 15 is 0 Å². The fraction of sp³-hybridized carbons (Fsp3) is 0.217. The van der Waals surface area contributed by atoms with Gasteiger partial charge in [0.1, 0.15) is 35.4 Å². The maximum absolute atomic E-state index is 13.0. The first-order chi connectivity index (χ1) is 15.0. The van der Waals surface area contributed by atoms with E-state index in [-0.39, 0.29) is 5.82 Å². The van der Waals surface area contributed by atoms with Gasteiger partial charge in [0.25, 0.3) is 0 Å². The smallest absolute Gasteiger partial charge is 0.143 e. The molecule has 1 aliphatic rings. The van der Waals surface area contributed by atoms with Gasteiger partial charge in [-0.25, -0.2) is 9.37 Å². The molecule has 0 radical (unpaired) electrons. The number of ether oxygens (including phenoxy) is 1. The second-order valence-electron chi connectivity index (χ2n) is 7.30. The molecule has 158 valence electrons. The van der Waals surface area contributed by atoms with Crippen LogP contribution < -0.4 is 21.1 Å². The first-order valence-electron chi connectivity index (χ1n) is 9.98. The van der Waals surface area contributed by atoms with E-state index in [0.717, 1.165) is 37.4 Å². The summed E-state index contributed by atoms with van der Waals surface area (Å²) in [5.74, 6) is 0.868. The highest BCUT2D eigenvalue weighted by Crippen LogP contribution is 2.28. The number of nitrogens with two attached hydrogens (primary N) is 2. The third-order valence-corrected chi connectivity index (χ3v) is 5.23. The lowest BCUT2D eigenvalue weighted by molar-refractivity contribution is 0.192. The zero-order valence-corrected chi connectivity index (χ0v) is 16.9. The average Bonchev–Trinajstić information content (AvgIpc) is 2.81. The van der Waals surface area contributed by atoms with E-state index < -0.39 is 6.29 Å². The molecular formula is C23H23FN6O. The standard InChI is InChI=1S/C23H23FN6O/c24-17-3-7-21(8-4-17)31-20-5-1-16(2-6-20)22-14-19(13-18(15-25)28-22)29-9-11-30(12-10-29)23(26)27/h1-8,13-14,23H,9-12,26-27H2. The lowest BCUT2D eigenvalue weighted by atomic mass is 10.1. The van der Waals surface area contributed by atoms with Crippen LogP contribution in [0.2, 0.25) is 0 Å². The monoisotopic (exact) mass is 418 g/mol. The molecule has 0 amide bonds. The van der Waals surface area contributed by atoms with Gasteiger partial charge in [0, 0.05) is 37.4 Å². The number of rotatable bonds is 5. The van der Waals surface area contributed by atoms with Crippen molar-refractivity contribution >= 4 is 5.69 Å². The van der Waals surface area contributed by atoms with Crippen LogP contribution in [0.25, 0.3) is 11.3 Å². The lowest BCUT2D eigenvalue weighted by Gasteiger charge is -2.37. The summed E-state index contributed by atoms with van der Waals surface area (Å²) in [6, 6.07) is 19.2. The summed E-state index contributed by atoms with van der Waals surface area (Å²) in [6.45, 7) is 3.05. The van der Waals surface area contributed by atoms with Crippen LogP contribution >= 0.6 is 0 Å². The number of piperazine rings is 1. The Hall–Kier alpha value is -3.51. The number of nitrogens with zero attached hydrogens (tertiary/aromatic N) is 4. The van der Waals surface area contributed by atoms with E-state index in [1.165, 1.54) is 12.1 Å². The number of hydrogen-bond donors (Lipinski definition) is 2. The van der Waals surface area contributed by atoms with Crippen molar-refractivity contribution in [3.8, 4) is 28.8 Å². The minimum atomic E-state index is -0.458. The quantitative estimate of drug-likeness (QED) is 0.614. The Kier molecular flexibility index (Phi) is 6.09. The van der Waals surface area contributed by atoms with Gasteiger partial charge in [0.05, 0.1) is 5.69 Å². The predicted octanol–water partition coefficient (Wildman–Crippen LogP) is 2.87. The molecule has 1 aliphatic heterocycles. The zero-order valence-electron chi connectivity index (χ0n) is 16.9. The minimum absolute atomic E-state index is 0.311. The van der Waals surface area contributed by atoms with Crippen LogP contribution in [0.15, 0.2) is 60.7 Å². The van der Waals surface area contributed by atoms with Gasteiger partial charge in [-0.15, -0.1) is 0 Å². The number of aromatic nitrogens is 1. The Balaban J connectivity index is 1.53. The van der Waals surface area contributed by atoms with Gasteiger partial charge in [-0.1, -0.05) is 0 Å². The highest BCUT2D eigenvalue weighted by molar-refractivity contribution is 5.67. The number of pyridine rings is 1. The van der Waals surface area contributed by atoms with Crippen LogP contribution in [0.3, 0.4) is 0 Å². The van der Waals surface area contributed by atoms with Gasteiger partial charge in [0.15, 0.2) is 0 Å². The van der Waals surface area contributed by atoms with E-state index in [1.54, 1.807) is 18.2 Å². The van der Waals surface area contributed by atoms with Crippen molar-refractivity contribution in [2.24, 2.45) is 11.5 Å². The fourth-order valence-corrected chi connectivity index (χ4v) is 3.51. The molecule has 4 rings (SSSR count). The van der Waals surface area contributed by atoms with E-state index in [0.29, 0.717) is 22.9 Å². The van der Waals surface area contributed by atoms with Crippen molar-refractivity contribution in [3.63, 3.8) is 0 Å². The van der Waals surface area contributed by atoms with E-state index in [4.69, 9.17) is 16.2 Å². The van der Waals surface area contributed by atoms with Crippen molar-refractivity contribution in [2.75, 3.05) is 31.1 Å². The number of hydrogen-bond acceptors (Lipinski definition) is 7. The largest absolute Gasteiger partial charge is 0.457 e. The van der Waals surface area contributed by atoms with Gasteiger partial charge in [0.2, 0.25) is 0 Å². The summed E-state index contributed by atoms with van der Waals surface area (Å²) in [7, 11) is 0. The summed E-state index contributed by atoms with van der Waals surface area (Å²) in [6.07, 6.45) is -0.458. The average molecular weight is 418 g/mol. The first kappa shape index (κ1) is 20.8. The van der Waals surface area contributed by atoms with Gasteiger partial charge >= 0.3 is 0 Å². The Labute approximate surface area is 180 Å². The van der Waals surface area contributed by atoms with Crippen LogP contribution in [-0.2, 0) is 0 Å². The molecule has 0 spiro atoms. The van der Waals surface area contributed by atoms with Crippen molar-refractivity contribution in [2.45, 2.75) is 6.29 Å². The Morgan fingerprint density at radius 3 is 2.13 bits per heavy atom. The number of benzene rings is 2. The summed E-state index contributed by atoms with van der Waals surface area (Å²) in [4.78, 5) is 8.69. The van der Waals surface area contributed by atoms with Gasteiger partial charge < -0.3 is 21.1 Å². The second kappa shape index (κ2) is 9.10. The molecule has 8 heteroatoms. The van der Waals surface area contributed by atoms with Crippen molar-refractivity contribution in [3.05, 3.63) is 72.2 Å². The SMILES string of the molecule is N#Cc1cc(N2CCN(C(N)N)CC2)cc(-c2ccc(Oc3ccc(F)cc3)cc2)n1. The molecule has 0 bridgehead atoms. The summed E-state index contributed by atoms with van der Waals surface area (Å²) in [5.41, 5.74) is 14.4. The first-order valence-corrected chi connectivity index (χ1v) is 9.98. The molecular weight excluding hydrogens is 395 g/mol. The molecule has 4 N–H and O–H groups in total. The molecule has 1 saturated heterocycles. The lowest BCUT2D eigenvalue weighted by Crippen LogP contribution is -2.56. The number of anilines is 1. The fourth-order valence-electron chi connectivity index (χ4n) is 3.51. The molecule has 7 nitrogen and oxygen atoms in total. The highest BCUT2D eigenvalue weighted by atomic mass is 19.1. The van der Waals surface area contributed by atoms with Crippen molar-refractivity contribution in [1.29, 1.82) is 5.26 Å². The third kappa shape index (κ3) is 4.98.